The average molecular weight is 289 g/mol. The van der Waals surface area contributed by atoms with Crippen molar-refractivity contribution in [2.24, 2.45) is 0 Å². The molecule has 1 saturated carbocycles. The van der Waals surface area contributed by atoms with Gasteiger partial charge in [0.15, 0.2) is 0 Å². The second-order valence-corrected chi connectivity index (χ2v) is 5.29. The number of rotatable bonds is 4. The van der Waals surface area contributed by atoms with Crippen LogP contribution in [0.1, 0.15) is 45.1 Å². The number of hydrogen-bond donors (Lipinski definition) is 1. The molecule has 1 aliphatic carbocycles. The minimum atomic E-state index is -0.0366. The van der Waals surface area contributed by atoms with Gasteiger partial charge in [0.1, 0.15) is 11.5 Å². The summed E-state index contributed by atoms with van der Waals surface area (Å²) in [5.74, 6) is 0.673. The SMILES string of the molecule is C=C.CCN(CC)C1(c2ccc(O)cc2)CCC(=O)CC1. The maximum absolute atomic E-state index is 11.6. The van der Waals surface area contributed by atoms with E-state index in [4.69, 9.17) is 0 Å². The third-order valence-electron chi connectivity index (χ3n) is 4.41. The smallest absolute Gasteiger partial charge is 0.133 e. The summed E-state index contributed by atoms with van der Waals surface area (Å²) in [5.41, 5.74) is 1.19. The summed E-state index contributed by atoms with van der Waals surface area (Å²) in [5, 5.41) is 9.47. The van der Waals surface area contributed by atoms with Gasteiger partial charge in [0.25, 0.3) is 0 Å². The molecule has 0 spiro atoms. The van der Waals surface area contributed by atoms with E-state index in [1.807, 2.05) is 12.1 Å². The molecule has 1 fully saturated rings. The van der Waals surface area contributed by atoms with Gasteiger partial charge in [-0.15, -0.1) is 13.2 Å². The highest BCUT2D eigenvalue weighted by Gasteiger charge is 2.40. The van der Waals surface area contributed by atoms with Crippen molar-refractivity contribution < 1.29 is 9.90 Å². The molecule has 0 atom stereocenters. The van der Waals surface area contributed by atoms with Crippen LogP contribution >= 0.6 is 0 Å². The quantitative estimate of drug-likeness (QED) is 0.855. The van der Waals surface area contributed by atoms with E-state index in [9.17, 15) is 9.90 Å². The lowest BCUT2D eigenvalue weighted by molar-refractivity contribution is -0.123. The third kappa shape index (κ3) is 3.73. The predicted molar refractivity (Wildman–Crippen MR) is 87.4 cm³/mol. The number of ketones is 1. The summed E-state index contributed by atoms with van der Waals surface area (Å²) in [6.07, 6.45) is 3.10. The maximum atomic E-state index is 11.6. The molecular formula is C18H27NO2. The van der Waals surface area contributed by atoms with Crippen molar-refractivity contribution in [1.29, 1.82) is 0 Å². The van der Waals surface area contributed by atoms with Gasteiger partial charge < -0.3 is 5.11 Å². The van der Waals surface area contributed by atoms with Crippen molar-refractivity contribution in [3.05, 3.63) is 43.0 Å². The number of nitrogens with zero attached hydrogens (tertiary/aromatic N) is 1. The van der Waals surface area contributed by atoms with Gasteiger partial charge in [0.2, 0.25) is 0 Å². The summed E-state index contributed by atoms with van der Waals surface area (Å²) in [6.45, 7) is 12.3. The second kappa shape index (κ2) is 7.99. The fourth-order valence-electron chi connectivity index (χ4n) is 3.33. The molecule has 2 rings (SSSR count). The first-order valence-corrected chi connectivity index (χ1v) is 7.68. The molecule has 21 heavy (non-hydrogen) atoms. The molecule has 0 amide bonds. The van der Waals surface area contributed by atoms with Crippen LogP contribution in [0.3, 0.4) is 0 Å². The summed E-state index contributed by atoms with van der Waals surface area (Å²) in [7, 11) is 0. The van der Waals surface area contributed by atoms with Gasteiger partial charge in [-0.1, -0.05) is 26.0 Å². The van der Waals surface area contributed by atoms with E-state index < -0.39 is 0 Å². The van der Waals surface area contributed by atoms with E-state index >= 15 is 0 Å². The zero-order valence-electron chi connectivity index (χ0n) is 13.3. The summed E-state index contributed by atoms with van der Waals surface area (Å²) < 4.78 is 0. The lowest BCUT2D eigenvalue weighted by atomic mass is 9.74. The summed E-state index contributed by atoms with van der Waals surface area (Å²) in [6, 6.07) is 7.50. The van der Waals surface area contributed by atoms with Crippen molar-refractivity contribution >= 4 is 5.78 Å². The molecular weight excluding hydrogens is 262 g/mol. The van der Waals surface area contributed by atoms with Gasteiger partial charge in [-0.2, -0.15) is 0 Å². The molecule has 116 valence electrons. The normalized spacial score (nSPS) is 17.2. The van der Waals surface area contributed by atoms with E-state index in [0.29, 0.717) is 24.4 Å². The zero-order chi connectivity index (χ0) is 15.9. The van der Waals surface area contributed by atoms with Crippen LogP contribution in [0.25, 0.3) is 0 Å². The van der Waals surface area contributed by atoms with Gasteiger partial charge in [0, 0.05) is 18.4 Å². The Morgan fingerprint density at radius 1 is 1.10 bits per heavy atom. The molecule has 0 radical (unpaired) electrons. The van der Waals surface area contributed by atoms with Crippen LogP contribution in [0.2, 0.25) is 0 Å². The van der Waals surface area contributed by atoms with E-state index in [0.717, 1.165) is 25.9 Å². The van der Waals surface area contributed by atoms with E-state index in [2.05, 4.69) is 31.9 Å². The van der Waals surface area contributed by atoms with Crippen molar-refractivity contribution in [3.63, 3.8) is 0 Å². The van der Waals surface area contributed by atoms with E-state index in [-0.39, 0.29) is 5.54 Å². The first kappa shape index (κ1) is 17.4. The molecule has 1 aromatic rings. The molecule has 0 saturated heterocycles. The molecule has 1 aliphatic rings. The van der Waals surface area contributed by atoms with Gasteiger partial charge in [-0.05, 0) is 43.6 Å². The van der Waals surface area contributed by atoms with Gasteiger partial charge in [0.05, 0.1) is 0 Å². The fourth-order valence-corrected chi connectivity index (χ4v) is 3.33. The third-order valence-corrected chi connectivity index (χ3v) is 4.41. The number of carbonyl (C=O) groups is 1. The Bertz CT molecular complexity index is 439. The molecule has 1 aromatic carbocycles. The summed E-state index contributed by atoms with van der Waals surface area (Å²) >= 11 is 0. The van der Waals surface area contributed by atoms with E-state index in [1.165, 1.54) is 5.56 Å². The van der Waals surface area contributed by atoms with Crippen molar-refractivity contribution in [1.82, 2.24) is 4.90 Å². The number of benzene rings is 1. The molecule has 3 heteroatoms. The Morgan fingerprint density at radius 2 is 1.57 bits per heavy atom. The van der Waals surface area contributed by atoms with Crippen LogP contribution in [0.4, 0.5) is 0 Å². The van der Waals surface area contributed by atoms with Crippen LogP contribution in [0.5, 0.6) is 5.75 Å². The van der Waals surface area contributed by atoms with Crippen LogP contribution < -0.4 is 0 Å². The predicted octanol–water partition coefficient (Wildman–Crippen LogP) is 3.87. The summed E-state index contributed by atoms with van der Waals surface area (Å²) in [4.78, 5) is 14.0. The Hall–Kier alpha value is -1.61. The highest BCUT2D eigenvalue weighted by Crippen LogP contribution is 2.41. The molecule has 0 bridgehead atoms. The number of Topliss-reactive ketones (excluding diaryl/α,β-unsaturated/α-hetero) is 1. The molecule has 0 unspecified atom stereocenters. The molecule has 0 aliphatic heterocycles. The van der Waals surface area contributed by atoms with Crippen LogP contribution in [0, 0.1) is 0 Å². The van der Waals surface area contributed by atoms with Crippen LogP contribution in [-0.4, -0.2) is 28.9 Å². The van der Waals surface area contributed by atoms with Crippen molar-refractivity contribution in [2.45, 2.75) is 45.1 Å². The number of phenolic OH excluding ortho intramolecular Hbond substituents is 1. The molecule has 3 nitrogen and oxygen atoms in total. The standard InChI is InChI=1S/C16H23NO2.C2H4/c1-3-17(4-2)16(11-9-15(19)10-12-16)13-5-7-14(18)8-6-13;1-2/h5-8,18H,3-4,9-12H2,1-2H3;1-2H2. The van der Waals surface area contributed by atoms with Gasteiger partial charge in [-0.25, -0.2) is 0 Å². The first-order chi connectivity index (χ1) is 10.1. The lowest BCUT2D eigenvalue weighted by Gasteiger charge is -2.46. The Morgan fingerprint density at radius 3 is 2.00 bits per heavy atom. The van der Waals surface area contributed by atoms with Crippen molar-refractivity contribution in [3.8, 4) is 5.75 Å². The maximum Gasteiger partial charge on any atom is 0.133 e. The highest BCUT2D eigenvalue weighted by atomic mass is 16.3. The number of aromatic hydroxyl groups is 1. The largest absolute Gasteiger partial charge is 0.508 e. The van der Waals surface area contributed by atoms with Crippen LogP contribution in [0.15, 0.2) is 37.4 Å². The van der Waals surface area contributed by atoms with Crippen molar-refractivity contribution in [2.75, 3.05) is 13.1 Å². The fraction of sp³-hybridized carbons (Fsp3) is 0.500. The minimum Gasteiger partial charge on any atom is -0.508 e. The first-order valence-electron chi connectivity index (χ1n) is 7.68. The molecule has 0 heterocycles. The van der Waals surface area contributed by atoms with Gasteiger partial charge in [-0.3, -0.25) is 9.69 Å². The van der Waals surface area contributed by atoms with Crippen LogP contribution in [-0.2, 0) is 10.3 Å². The Balaban J connectivity index is 0.00000106. The van der Waals surface area contributed by atoms with E-state index in [1.54, 1.807) is 12.1 Å². The number of hydrogen-bond acceptors (Lipinski definition) is 3. The second-order valence-electron chi connectivity index (χ2n) is 5.29. The Labute approximate surface area is 128 Å². The average Bonchev–Trinajstić information content (AvgIpc) is 2.53. The van der Waals surface area contributed by atoms with Gasteiger partial charge >= 0.3 is 0 Å². The number of phenols is 1. The monoisotopic (exact) mass is 289 g/mol. The molecule has 0 aromatic heterocycles. The molecule has 1 N–H and O–H groups in total. The minimum absolute atomic E-state index is 0.0366. The zero-order valence-corrected chi connectivity index (χ0v) is 13.3. The topological polar surface area (TPSA) is 40.5 Å². The number of carbonyl (C=O) groups excluding carboxylic acids is 1. The Kier molecular flexibility index (Phi) is 6.63. The highest BCUT2D eigenvalue weighted by molar-refractivity contribution is 5.79. The lowest BCUT2D eigenvalue weighted by Crippen LogP contribution is -2.48.